The molecule has 4 nitrogen and oxygen atoms in total. The van der Waals surface area contributed by atoms with Crippen LogP contribution in [0.1, 0.15) is 5.56 Å². The Morgan fingerprint density at radius 3 is 2.68 bits per heavy atom. The van der Waals surface area contributed by atoms with Crippen molar-refractivity contribution in [1.29, 1.82) is 0 Å². The molecule has 2 aromatic carbocycles. The molecule has 2 N–H and O–H groups in total. The predicted octanol–water partition coefficient (Wildman–Crippen LogP) is 2.19. The number of fused-ring (bicyclic) bond motifs is 1. The summed E-state index contributed by atoms with van der Waals surface area (Å²) in [6, 6.07) is 15.3. The molecule has 96 valence electrons. The number of carbonyl (C=O) groups excluding carboxylic acids is 1. The molecule has 0 unspecified atom stereocenters. The van der Waals surface area contributed by atoms with E-state index in [1.807, 2.05) is 42.5 Å². The minimum Gasteiger partial charge on any atom is -0.479 e. The number of nitrogens with zero attached hydrogens (tertiary/aromatic N) is 1. The molecule has 0 aromatic heterocycles. The number of para-hydroxylation sites is 1. The van der Waals surface area contributed by atoms with Gasteiger partial charge in [-0.25, -0.2) is 0 Å². The number of nitrogen functional groups attached to an aromatic ring is 1. The summed E-state index contributed by atoms with van der Waals surface area (Å²) in [7, 11) is 0. The van der Waals surface area contributed by atoms with E-state index in [-0.39, 0.29) is 12.5 Å². The van der Waals surface area contributed by atoms with Crippen LogP contribution in [0, 0.1) is 0 Å². The molecule has 1 aliphatic rings. The topological polar surface area (TPSA) is 55.6 Å². The first-order chi connectivity index (χ1) is 9.25. The van der Waals surface area contributed by atoms with Gasteiger partial charge >= 0.3 is 0 Å². The number of anilines is 2. The van der Waals surface area contributed by atoms with Crippen molar-refractivity contribution in [3.05, 3.63) is 54.1 Å². The average molecular weight is 254 g/mol. The number of carbonyl (C=O) groups is 1. The van der Waals surface area contributed by atoms with Gasteiger partial charge in [0.15, 0.2) is 12.4 Å². The number of nitrogens with two attached hydrogens (primary N) is 1. The van der Waals surface area contributed by atoms with Crippen molar-refractivity contribution >= 4 is 17.3 Å². The quantitative estimate of drug-likeness (QED) is 0.836. The van der Waals surface area contributed by atoms with E-state index in [1.165, 1.54) is 0 Å². The van der Waals surface area contributed by atoms with Crippen LogP contribution in [0.25, 0.3) is 0 Å². The van der Waals surface area contributed by atoms with Crippen molar-refractivity contribution in [2.75, 3.05) is 17.2 Å². The Labute approximate surface area is 111 Å². The third-order valence-electron chi connectivity index (χ3n) is 3.14. The second-order valence-corrected chi connectivity index (χ2v) is 4.45. The van der Waals surface area contributed by atoms with E-state index >= 15 is 0 Å². The molecule has 1 amide bonds. The smallest absolute Gasteiger partial charge is 0.265 e. The lowest BCUT2D eigenvalue weighted by Crippen LogP contribution is -2.38. The lowest BCUT2D eigenvalue weighted by molar-refractivity contribution is -0.121. The molecule has 0 aliphatic carbocycles. The van der Waals surface area contributed by atoms with Crippen molar-refractivity contribution < 1.29 is 9.53 Å². The highest BCUT2D eigenvalue weighted by Crippen LogP contribution is 2.37. The molecule has 4 heteroatoms. The number of hydrogen-bond acceptors (Lipinski definition) is 3. The monoisotopic (exact) mass is 254 g/mol. The first-order valence-corrected chi connectivity index (χ1v) is 6.11. The fourth-order valence-corrected chi connectivity index (χ4v) is 2.20. The Kier molecular flexibility index (Phi) is 2.83. The maximum absolute atomic E-state index is 12.0. The Morgan fingerprint density at radius 2 is 1.89 bits per heavy atom. The molecule has 0 radical (unpaired) electrons. The molecule has 0 bridgehead atoms. The minimum absolute atomic E-state index is 0.0358. The van der Waals surface area contributed by atoms with Gasteiger partial charge in [0.05, 0.1) is 17.9 Å². The van der Waals surface area contributed by atoms with Crippen LogP contribution in [0.3, 0.4) is 0 Å². The SMILES string of the molecule is Nc1cccc2c1OCC(=O)N2Cc1ccccc1. The second kappa shape index (κ2) is 4.65. The third kappa shape index (κ3) is 2.12. The van der Waals surface area contributed by atoms with Crippen molar-refractivity contribution in [3.63, 3.8) is 0 Å². The van der Waals surface area contributed by atoms with Crippen LogP contribution in [0.5, 0.6) is 5.75 Å². The maximum atomic E-state index is 12.0. The third-order valence-corrected chi connectivity index (χ3v) is 3.14. The van der Waals surface area contributed by atoms with Gasteiger partial charge in [-0.3, -0.25) is 4.79 Å². The lowest BCUT2D eigenvalue weighted by atomic mass is 10.1. The van der Waals surface area contributed by atoms with E-state index in [2.05, 4.69) is 0 Å². The largest absolute Gasteiger partial charge is 0.479 e. The van der Waals surface area contributed by atoms with E-state index in [1.54, 1.807) is 11.0 Å². The molecule has 1 aliphatic heterocycles. The zero-order valence-corrected chi connectivity index (χ0v) is 10.4. The van der Waals surface area contributed by atoms with Crippen LogP contribution >= 0.6 is 0 Å². The van der Waals surface area contributed by atoms with Crippen LogP contribution in [-0.2, 0) is 11.3 Å². The van der Waals surface area contributed by atoms with Crippen LogP contribution in [0.4, 0.5) is 11.4 Å². The van der Waals surface area contributed by atoms with Crippen molar-refractivity contribution in [1.82, 2.24) is 0 Å². The number of amides is 1. The molecule has 0 fully saturated rings. The molecule has 1 heterocycles. The summed E-state index contributed by atoms with van der Waals surface area (Å²) in [5, 5.41) is 0. The van der Waals surface area contributed by atoms with E-state index < -0.39 is 0 Å². The normalized spacial score (nSPS) is 13.9. The Morgan fingerprint density at radius 1 is 1.11 bits per heavy atom. The molecule has 3 rings (SSSR count). The average Bonchev–Trinajstić information content (AvgIpc) is 2.43. The molecule has 0 spiro atoms. The first-order valence-electron chi connectivity index (χ1n) is 6.11. The molecule has 2 aromatic rings. The van der Waals surface area contributed by atoms with Crippen molar-refractivity contribution in [2.45, 2.75) is 6.54 Å². The summed E-state index contributed by atoms with van der Waals surface area (Å²) < 4.78 is 5.42. The van der Waals surface area contributed by atoms with E-state index in [0.29, 0.717) is 18.0 Å². The Hall–Kier alpha value is -2.49. The van der Waals surface area contributed by atoms with Crippen LogP contribution in [0.15, 0.2) is 48.5 Å². The summed E-state index contributed by atoms with van der Waals surface area (Å²) in [6.45, 7) is 0.563. The molecular formula is C15H14N2O2. The summed E-state index contributed by atoms with van der Waals surface area (Å²) >= 11 is 0. The highest BCUT2D eigenvalue weighted by Gasteiger charge is 2.26. The highest BCUT2D eigenvalue weighted by molar-refractivity contribution is 5.99. The summed E-state index contributed by atoms with van der Waals surface area (Å²) in [4.78, 5) is 13.7. The maximum Gasteiger partial charge on any atom is 0.265 e. The van der Waals surface area contributed by atoms with Gasteiger partial charge in [0.1, 0.15) is 0 Å². The number of ether oxygens (including phenoxy) is 1. The first kappa shape index (κ1) is 11.6. The standard InChI is InChI=1S/C15H14N2O2/c16-12-7-4-8-13-15(12)19-10-14(18)17(13)9-11-5-2-1-3-6-11/h1-8H,9-10,16H2. The van der Waals surface area contributed by atoms with Crippen molar-refractivity contribution in [3.8, 4) is 5.75 Å². The van der Waals surface area contributed by atoms with Gasteiger partial charge in [-0.05, 0) is 17.7 Å². The summed E-state index contributed by atoms with van der Waals surface area (Å²) in [5.41, 5.74) is 8.25. The van der Waals surface area contributed by atoms with Crippen LogP contribution in [0.2, 0.25) is 0 Å². The second-order valence-electron chi connectivity index (χ2n) is 4.45. The van der Waals surface area contributed by atoms with E-state index in [9.17, 15) is 4.79 Å². The van der Waals surface area contributed by atoms with E-state index in [4.69, 9.17) is 10.5 Å². The molecule has 19 heavy (non-hydrogen) atoms. The van der Waals surface area contributed by atoms with Gasteiger partial charge in [-0.2, -0.15) is 0 Å². The van der Waals surface area contributed by atoms with Gasteiger partial charge in [0, 0.05) is 0 Å². The zero-order chi connectivity index (χ0) is 13.2. The highest BCUT2D eigenvalue weighted by atomic mass is 16.5. The zero-order valence-electron chi connectivity index (χ0n) is 10.4. The van der Waals surface area contributed by atoms with Gasteiger partial charge in [0.2, 0.25) is 0 Å². The van der Waals surface area contributed by atoms with E-state index in [0.717, 1.165) is 11.3 Å². The predicted molar refractivity (Wildman–Crippen MR) is 74.0 cm³/mol. The number of benzene rings is 2. The van der Waals surface area contributed by atoms with Gasteiger partial charge in [0.25, 0.3) is 5.91 Å². The summed E-state index contributed by atoms with van der Waals surface area (Å²) in [5.74, 6) is 0.542. The minimum atomic E-state index is -0.0537. The Balaban J connectivity index is 1.98. The van der Waals surface area contributed by atoms with Crippen LogP contribution in [-0.4, -0.2) is 12.5 Å². The molecule has 0 atom stereocenters. The Bertz CT molecular complexity index is 611. The molecule has 0 saturated carbocycles. The molecular weight excluding hydrogens is 240 g/mol. The number of rotatable bonds is 2. The fourth-order valence-electron chi connectivity index (χ4n) is 2.20. The fraction of sp³-hybridized carbons (Fsp3) is 0.133. The summed E-state index contributed by atoms with van der Waals surface area (Å²) in [6.07, 6.45) is 0. The molecule has 0 saturated heterocycles. The van der Waals surface area contributed by atoms with Crippen molar-refractivity contribution in [2.24, 2.45) is 0 Å². The van der Waals surface area contributed by atoms with Crippen LogP contribution < -0.4 is 15.4 Å². The van der Waals surface area contributed by atoms with Gasteiger partial charge in [-0.1, -0.05) is 36.4 Å². The lowest BCUT2D eigenvalue weighted by Gasteiger charge is -2.30. The van der Waals surface area contributed by atoms with Gasteiger partial charge < -0.3 is 15.4 Å². The number of hydrogen-bond donors (Lipinski definition) is 1. The van der Waals surface area contributed by atoms with Gasteiger partial charge in [-0.15, -0.1) is 0 Å².